The van der Waals surface area contributed by atoms with Gasteiger partial charge in [0.25, 0.3) is 0 Å². The van der Waals surface area contributed by atoms with Crippen LogP contribution in [0.3, 0.4) is 0 Å². The van der Waals surface area contributed by atoms with E-state index >= 15 is 0 Å². The molecule has 5 nitrogen and oxygen atoms in total. The second kappa shape index (κ2) is 9.23. The molecule has 1 rings (SSSR count). The standard InChI is InChI=1S/C16H25NO4/c1-5-20-14-8-7-12(10-15(14)21-6-2)9-13(17-3)11-16(18)19-4/h7-8,10,13,17H,5-6,9,11H2,1-4H3. The van der Waals surface area contributed by atoms with Crippen LogP contribution in [0.1, 0.15) is 25.8 Å². The molecule has 0 aliphatic rings. The number of methoxy groups -OCH3 is 1. The van der Waals surface area contributed by atoms with Gasteiger partial charge in [-0.25, -0.2) is 0 Å². The maximum absolute atomic E-state index is 11.4. The van der Waals surface area contributed by atoms with Crippen LogP contribution < -0.4 is 14.8 Å². The average Bonchev–Trinajstić information content (AvgIpc) is 2.49. The summed E-state index contributed by atoms with van der Waals surface area (Å²) in [7, 11) is 3.24. The molecule has 0 aromatic heterocycles. The first-order chi connectivity index (χ1) is 10.1. The fraction of sp³-hybridized carbons (Fsp3) is 0.562. The Labute approximate surface area is 126 Å². The van der Waals surface area contributed by atoms with Gasteiger partial charge in [-0.1, -0.05) is 6.07 Å². The van der Waals surface area contributed by atoms with Crippen molar-refractivity contribution >= 4 is 5.97 Å². The van der Waals surface area contributed by atoms with E-state index in [0.717, 1.165) is 23.5 Å². The van der Waals surface area contributed by atoms with Crippen LogP contribution in [0.2, 0.25) is 0 Å². The van der Waals surface area contributed by atoms with Gasteiger partial charge in [0.2, 0.25) is 0 Å². The van der Waals surface area contributed by atoms with Crippen molar-refractivity contribution in [3.63, 3.8) is 0 Å². The molecule has 0 radical (unpaired) electrons. The lowest BCUT2D eigenvalue weighted by atomic mass is 10.0. The molecule has 118 valence electrons. The van der Waals surface area contributed by atoms with Crippen molar-refractivity contribution in [2.24, 2.45) is 0 Å². The molecule has 21 heavy (non-hydrogen) atoms. The Morgan fingerprint density at radius 3 is 2.43 bits per heavy atom. The Bertz CT molecular complexity index is 448. The van der Waals surface area contributed by atoms with Crippen molar-refractivity contribution in [3.05, 3.63) is 23.8 Å². The van der Waals surface area contributed by atoms with Gasteiger partial charge in [-0.3, -0.25) is 4.79 Å². The van der Waals surface area contributed by atoms with Crippen LogP contribution in [0.25, 0.3) is 0 Å². The van der Waals surface area contributed by atoms with Gasteiger partial charge in [0.1, 0.15) is 0 Å². The molecular weight excluding hydrogens is 270 g/mol. The molecule has 0 aliphatic carbocycles. The largest absolute Gasteiger partial charge is 0.490 e. The highest BCUT2D eigenvalue weighted by molar-refractivity contribution is 5.70. The maximum Gasteiger partial charge on any atom is 0.307 e. The van der Waals surface area contributed by atoms with E-state index in [4.69, 9.17) is 14.2 Å². The summed E-state index contributed by atoms with van der Waals surface area (Å²) in [6.07, 6.45) is 1.06. The van der Waals surface area contributed by atoms with Gasteiger partial charge >= 0.3 is 5.97 Å². The highest BCUT2D eigenvalue weighted by Gasteiger charge is 2.14. The molecule has 0 saturated heterocycles. The topological polar surface area (TPSA) is 56.8 Å². The van der Waals surface area contributed by atoms with E-state index in [1.54, 1.807) is 0 Å². The van der Waals surface area contributed by atoms with Crippen molar-refractivity contribution in [1.82, 2.24) is 5.32 Å². The molecule has 0 aliphatic heterocycles. The minimum atomic E-state index is -0.217. The monoisotopic (exact) mass is 295 g/mol. The highest BCUT2D eigenvalue weighted by Crippen LogP contribution is 2.29. The number of nitrogens with one attached hydrogen (secondary N) is 1. The lowest BCUT2D eigenvalue weighted by Crippen LogP contribution is -2.30. The Morgan fingerprint density at radius 2 is 1.86 bits per heavy atom. The molecule has 0 heterocycles. The molecule has 0 bridgehead atoms. The summed E-state index contributed by atoms with van der Waals surface area (Å²) >= 11 is 0. The molecule has 1 unspecified atom stereocenters. The number of carbonyl (C=O) groups excluding carboxylic acids is 1. The number of likely N-dealkylation sites (N-methyl/N-ethyl adjacent to an activating group) is 1. The van der Waals surface area contributed by atoms with Gasteiger partial charge in [0.05, 0.1) is 26.7 Å². The zero-order valence-electron chi connectivity index (χ0n) is 13.3. The van der Waals surface area contributed by atoms with E-state index in [1.807, 2.05) is 39.1 Å². The third kappa shape index (κ3) is 5.63. The minimum absolute atomic E-state index is 0.0323. The molecule has 1 aromatic rings. The van der Waals surface area contributed by atoms with Crippen molar-refractivity contribution in [2.45, 2.75) is 32.7 Å². The predicted molar refractivity (Wildman–Crippen MR) is 82.0 cm³/mol. The van der Waals surface area contributed by atoms with E-state index in [1.165, 1.54) is 7.11 Å². The summed E-state index contributed by atoms with van der Waals surface area (Å²) in [5.74, 6) is 1.27. The van der Waals surface area contributed by atoms with Gasteiger partial charge in [-0.2, -0.15) is 0 Å². The molecule has 1 N–H and O–H groups in total. The Kier molecular flexibility index (Phi) is 7.61. The van der Waals surface area contributed by atoms with Gasteiger partial charge in [-0.15, -0.1) is 0 Å². The number of benzene rings is 1. The molecule has 0 spiro atoms. The van der Waals surface area contributed by atoms with E-state index in [0.29, 0.717) is 19.6 Å². The summed E-state index contributed by atoms with van der Waals surface area (Å²) in [6, 6.07) is 5.91. The zero-order valence-corrected chi connectivity index (χ0v) is 13.3. The van der Waals surface area contributed by atoms with Crippen LogP contribution in [0.5, 0.6) is 11.5 Å². The number of esters is 1. The predicted octanol–water partition coefficient (Wildman–Crippen LogP) is 2.18. The van der Waals surface area contributed by atoms with Crippen LogP contribution in [0.15, 0.2) is 18.2 Å². The Balaban J connectivity index is 2.81. The second-order valence-electron chi connectivity index (χ2n) is 4.62. The first kappa shape index (κ1) is 17.3. The summed E-state index contributed by atoms with van der Waals surface area (Å²) < 4.78 is 15.9. The number of carbonyl (C=O) groups is 1. The summed E-state index contributed by atoms with van der Waals surface area (Å²) in [5, 5.41) is 3.13. The van der Waals surface area contributed by atoms with Crippen LogP contribution >= 0.6 is 0 Å². The molecule has 1 atom stereocenters. The van der Waals surface area contributed by atoms with E-state index < -0.39 is 0 Å². The van der Waals surface area contributed by atoms with Gasteiger partial charge < -0.3 is 19.5 Å². The second-order valence-corrected chi connectivity index (χ2v) is 4.62. The van der Waals surface area contributed by atoms with E-state index in [-0.39, 0.29) is 12.0 Å². The fourth-order valence-corrected chi connectivity index (χ4v) is 2.07. The lowest BCUT2D eigenvalue weighted by Gasteiger charge is -2.17. The van der Waals surface area contributed by atoms with Gasteiger partial charge in [0, 0.05) is 6.04 Å². The maximum atomic E-state index is 11.4. The smallest absolute Gasteiger partial charge is 0.307 e. The quantitative estimate of drug-likeness (QED) is 0.708. The molecule has 0 amide bonds. The normalized spacial score (nSPS) is 11.8. The molecule has 1 aromatic carbocycles. The first-order valence-corrected chi connectivity index (χ1v) is 7.27. The minimum Gasteiger partial charge on any atom is -0.490 e. The third-order valence-electron chi connectivity index (χ3n) is 3.14. The molecule has 5 heteroatoms. The number of hydrogen-bond donors (Lipinski definition) is 1. The Morgan fingerprint density at radius 1 is 1.19 bits per heavy atom. The van der Waals surface area contributed by atoms with Crippen molar-refractivity contribution in [1.29, 1.82) is 0 Å². The summed E-state index contributed by atoms with van der Waals surface area (Å²) in [6.45, 7) is 5.06. The van der Waals surface area contributed by atoms with E-state index in [9.17, 15) is 4.79 Å². The van der Waals surface area contributed by atoms with Crippen LogP contribution in [-0.4, -0.2) is 39.4 Å². The first-order valence-electron chi connectivity index (χ1n) is 7.27. The Hall–Kier alpha value is -1.75. The molecule has 0 fully saturated rings. The van der Waals surface area contributed by atoms with Crippen LogP contribution in [0, 0.1) is 0 Å². The summed E-state index contributed by atoms with van der Waals surface area (Å²) in [4.78, 5) is 11.4. The van der Waals surface area contributed by atoms with E-state index in [2.05, 4.69) is 5.32 Å². The lowest BCUT2D eigenvalue weighted by molar-refractivity contribution is -0.141. The molecule has 0 saturated carbocycles. The van der Waals surface area contributed by atoms with Gasteiger partial charge in [-0.05, 0) is 45.0 Å². The van der Waals surface area contributed by atoms with Crippen molar-refractivity contribution in [3.8, 4) is 11.5 Å². The zero-order chi connectivity index (χ0) is 15.7. The van der Waals surface area contributed by atoms with Crippen molar-refractivity contribution < 1.29 is 19.0 Å². The average molecular weight is 295 g/mol. The highest BCUT2D eigenvalue weighted by atomic mass is 16.5. The number of rotatable bonds is 9. The summed E-state index contributed by atoms with van der Waals surface area (Å²) in [5.41, 5.74) is 1.09. The van der Waals surface area contributed by atoms with Crippen molar-refractivity contribution in [2.75, 3.05) is 27.4 Å². The fourth-order valence-electron chi connectivity index (χ4n) is 2.07. The number of ether oxygens (including phenoxy) is 3. The van der Waals surface area contributed by atoms with Crippen LogP contribution in [0.4, 0.5) is 0 Å². The third-order valence-corrected chi connectivity index (χ3v) is 3.14. The van der Waals surface area contributed by atoms with Crippen LogP contribution in [-0.2, 0) is 16.0 Å². The van der Waals surface area contributed by atoms with Gasteiger partial charge in [0.15, 0.2) is 11.5 Å². The SMILES string of the molecule is CCOc1ccc(CC(CC(=O)OC)NC)cc1OCC. The number of hydrogen-bond acceptors (Lipinski definition) is 5. The molecular formula is C16H25NO4.